The maximum Gasteiger partial charge on any atom is 0.0589 e. The summed E-state index contributed by atoms with van der Waals surface area (Å²) in [6.07, 6.45) is 3.36. The fourth-order valence-corrected chi connectivity index (χ4v) is 3.39. The van der Waals surface area contributed by atoms with Gasteiger partial charge in [0.05, 0.1) is 13.2 Å². The highest BCUT2D eigenvalue weighted by Gasteiger charge is 2.47. The molecule has 102 valence electrons. The molecule has 3 nitrogen and oxygen atoms in total. The Labute approximate surface area is 114 Å². The van der Waals surface area contributed by atoms with Gasteiger partial charge in [-0.05, 0) is 31.1 Å². The number of ether oxygens (including phenoxy) is 1. The molecule has 1 fully saturated rings. The van der Waals surface area contributed by atoms with Gasteiger partial charge in [0.1, 0.15) is 0 Å². The minimum atomic E-state index is 0.178. The van der Waals surface area contributed by atoms with Crippen LogP contribution in [0.2, 0.25) is 0 Å². The molecule has 1 aromatic carbocycles. The van der Waals surface area contributed by atoms with Gasteiger partial charge in [0.25, 0.3) is 0 Å². The van der Waals surface area contributed by atoms with E-state index < -0.39 is 0 Å². The average Bonchev–Trinajstić information content (AvgIpc) is 2.81. The highest BCUT2D eigenvalue weighted by molar-refractivity contribution is 5.84. The van der Waals surface area contributed by atoms with Crippen LogP contribution in [0.25, 0.3) is 10.9 Å². The summed E-state index contributed by atoms with van der Waals surface area (Å²) in [6, 6.07) is 8.56. The zero-order chi connectivity index (χ0) is 13.3. The van der Waals surface area contributed by atoms with Gasteiger partial charge >= 0.3 is 0 Å². The third kappa shape index (κ3) is 1.88. The molecule has 1 unspecified atom stereocenters. The second kappa shape index (κ2) is 4.99. The van der Waals surface area contributed by atoms with E-state index in [1.165, 1.54) is 22.9 Å². The van der Waals surface area contributed by atoms with E-state index in [-0.39, 0.29) is 5.41 Å². The van der Waals surface area contributed by atoms with Crippen LogP contribution in [0.15, 0.2) is 30.5 Å². The quantitative estimate of drug-likeness (QED) is 0.865. The van der Waals surface area contributed by atoms with Crippen molar-refractivity contribution in [2.75, 3.05) is 26.8 Å². The number of H-pyrrole nitrogens is 1. The SMILES string of the molecule is CCC(CNC)C1(c2c[nH]c3ccccc23)COC1. The Balaban J connectivity index is 2.06. The molecule has 1 aliphatic heterocycles. The molecule has 3 heteroatoms. The Morgan fingerprint density at radius 1 is 1.37 bits per heavy atom. The second-order valence-corrected chi connectivity index (χ2v) is 5.56. The monoisotopic (exact) mass is 258 g/mol. The summed E-state index contributed by atoms with van der Waals surface area (Å²) in [6.45, 7) is 5.00. The first-order valence-electron chi connectivity index (χ1n) is 7.10. The van der Waals surface area contributed by atoms with E-state index in [0.29, 0.717) is 5.92 Å². The maximum absolute atomic E-state index is 5.60. The molecular weight excluding hydrogens is 236 g/mol. The molecule has 2 aromatic rings. The first-order chi connectivity index (χ1) is 9.31. The number of hydrogen-bond acceptors (Lipinski definition) is 2. The van der Waals surface area contributed by atoms with Crippen molar-refractivity contribution >= 4 is 10.9 Å². The summed E-state index contributed by atoms with van der Waals surface area (Å²) in [7, 11) is 2.03. The minimum Gasteiger partial charge on any atom is -0.379 e. The van der Waals surface area contributed by atoms with Crippen molar-refractivity contribution in [1.82, 2.24) is 10.3 Å². The lowest BCUT2D eigenvalue weighted by atomic mass is 9.67. The number of aromatic amines is 1. The number of benzene rings is 1. The molecule has 19 heavy (non-hydrogen) atoms. The van der Waals surface area contributed by atoms with Gasteiger partial charge in [-0.1, -0.05) is 31.5 Å². The molecule has 1 aromatic heterocycles. The molecule has 0 aliphatic carbocycles. The van der Waals surface area contributed by atoms with Gasteiger partial charge in [-0.15, -0.1) is 0 Å². The van der Waals surface area contributed by atoms with Crippen LogP contribution in [0, 0.1) is 5.92 Å². The number of para-hydroxylation sites is 1. The number of hydrogen-bond donors (Lipinski definition) is 2. The van der Waals surface area contributed by atoms with Gasteiger partial charge in [0, 0.05) is 22.5 Å². The van der Waals surface area contributed by atoms with Crippen molar-refractivity contribution in [1.29, 1.82) is 0 Å². The molecule has 0 amide bonds. The molecule has 0 bridgehead atoms. The van der Waals surface area contributed by atoms with Crippen molar-refractivity contribution in [2.45, 2.75) is 18.8 Å². The van der Waals surface area contributed by atoms with Crippen LogP contribution < -0.4 is 5.32 Å². The zero-order valence-electron chi connectivity index (χ0n) is 11.7. The third-order valence-corrected chi connectivity index (χ3v) is 4.57. The molecule has 1 saturated heterocycles. The predicted molar refractivity (Wildman–Crippen MR) is 78.5 cm³/mol. The van der Waals surface area contributed by atoms with Crippen LogP contribution in [0.4, 0.5) is 0 Å². The van der Waals surface area contributed by atoms with Gasteiger partial charge in [0.2, 0.25) is 0 Å². The average molecular weight is 258 g/mol. The van der Waals surface area contributed by atoms with Gasteiger partial charge < -0.3 is 15.0 Å². The largest absolute Gasteiger partial charge is 0.379 e. The van der Waals surface area contributed by atoms with E-state index in [4.69, 9.17) is 4.74 Å². The van der Waals surface area contributed by atoms with Gasteiger partial charge in [0.15, 0.2) is 0 Å². The number of rotatable bonds is 5. The first-order valence-corrected chi connectivity index (χ1v) is 7.10. The van der Waals surface area contributed by atoms with Crippen molar-refractivity contribution in [3.63, 3.8) is 0 Å². The molecule has 3 rings (SSSR count). The van der Waals surface area contributed by atoms with Crippen LogP contribution in [0.5, 0.6) is 0 Å². The lowest BCUT2D eigenvalue weighted by molar-refractivity contribution is -0.0902. The fraction of sp³-hybridized carbons (Fsp3) is 0.500. The third-order valence-electron chi connectivity index (χ3n) is 4.57. The minimum absolute atomic E-state index is 0.178. The smallest absolute Gasteiger partial charge is 0.0589 e. The van der Waals surface area contributed by atoms with Crippen LogP contribution in [-0.4, -0.2) is 31.8 Å². The number of aromatic nitrogens is 1. The standard InChI is InChI=1S/C16H22N2O/c1-3-12(8-17-2)16(10-19-11-16)14-9-18-15-7-5-4-6-13(14)15/h4-7,9,12,17-18H,3,8,10-11H2,1-2H3. The van der Waals surface area contributed by atoms with Crippen LogP contribution in [0.1, 0.15) is 18.9 Å². The fourth-order valence-electron chi connectivity index (χ4n) is 3.39. The molecule has 1 atom stereocenters. The topological polar surface area (TPSA) is 37.0 Å². The number of fused-ring (bicyclic) bond motifs is 1. The zero-order valence-corrected chi connectivity index (χ0v) is 11.7. The molecular formula is C16H22N2O. The summed E-state index contributed by atoms with van der Waals surface area (Å²) >= 11 is 0. The number of nitrogens with one attached hydrogen (secondary N) is 2. The van der Waals surface area contributed by atoms with Crippen molar-refractivity contribution < 1.29 is 4.74 Å². The van der Waals surface area contributed by atoms with E-state index >= 15 is 0 Å². The molecule has 0 saturated carbocycles. The van der Waals surface area contributed by atoms with Crippen molar-refractivity contribution in [3.8, 4) is 0 Å². The first kappa shape index (κ1) is 12.7. The predicted octanol–water partition coefficient (Wildman–Crippen LogP) is 2.68. The molecule has 1 aliphatic rings. The molecule has 0 spiro atoms. The van der Waals surface area contributed by atoms with Crippen LogP contribution in [-0.2, 0) is 10.2 Å². The lowest BCUT2D eigenvalue weighted by Gasteiger charge is -2.47. The highest BCUT2D eigenvalue weighted by atomic mass is 16.5. The highest BCUT2D eigenvalue weighted by Crippen LogP contribution is 2.43. The Hall–Kier alpha value is -1.32. The summed E-state index contributed by atoms with van der Waals surface area (Å²) < 4.78 is 5.60. The van der Waals surface area contributed by atoms with Gasteiger partial charge in [-0.3, -0.25) is 0 Å². The van der Waals surface area contributed by atoms with Gasteiger partial charge in [-0.25, -0.2) is 0 Å². The van der Waals surface area contributed by atoms with Crippen molar-refractivity contribution in [3.05, 3.63) is 36.0 Å². The molecule has 2 heterocycles. The normalized spacial score (nSPS) is 19.3. The van der Waals surface area contributed by atoms with E-state index in [1.807, 2.05) is 7.05 Å². The van der Waals surface area contributed by atoms with Crippen LogP contribution >= 0.6 is 0 Å². The Morgan fingerprint density at radius 2 is 2.16 bits per heavy atom. The van der Waals surface area contributed by atoms with E-state index in [2.05, 4.69) is 47.7 Å². The Morgan fingerprint density at radius 3 is 2.79 bits per heavy atom. The lowest BCUT2D eigenvalue weighted by Crippen LogP contribution is -2.54. The van der Waals surface area contributed by atoms with Crippen molar-refractivity contribution in [2.24, 2.45) is 5.92 Å². The summed E-state index contributed by atoms with van der Waals surface area (Å²) in [5.74, 6) is 0.616. The summed E-state index contributed by atoms with van der Waals surface area (Å²) in [5.41, 5.74) is 2.83. The molecule has 0 radical (unpaired) electrons. The van der Waals surface area contributed by atoms with E-state index in [0.717, 1.165) is 19.8 Å². The summed E-state index contributed by atoms with van der Waals surface area (Å²) in [5, 5.41) is 4.68. The van der Waals surface area contributed by atoms with E-state index in [1.54, 1.807) is 0 Å². The maximum atomic E-state index is 5.60. The Bertz CT molecular complexity index is 557. The van der Waals surface area contributed by atoms with Gasteiger partial charge in [-0.2, -0.15) is 0 Å². The Kier molecular flexibility index (Phi) is 3.33. The molecule has 2 N–H and O–H groups in total. The van der Waals surface area contributed by atoms with Crippen LogP contribution in [0.3, 0.4) is 0 Å². The second-order valence-electron chi connectivity index (χ2n) is 5.56. The summed E-state index contributed by atoms with van der Waals surface area (Å²) in [4.78, 5) is 3.41. The van der Waals surface area contributed by atoms with E-state index in [9.17, 15) is 0 Å².